The van der Waals surface area contributed by atoms with Crippen molar-refractivity contribution in [1.82, 2.24) is 28.7 Å². The molecule has 0 radical (unpaired) electrons. The second-order valence-electron chi connectivity index (χ2n) is 20.1. The maximum Gasteiger partial charge on any atom is 0.220 e. The number of aliphatic imine (C=N–C) groups is 1. The van der Waals surface area contributed by atoms with Crippen molar-refractivity contribution in [1.29, 1.82) is 0 Å². The van der Waals surface area contributed by atoms with Crippen molar-refractivity contribution in [3.8, 4) is 39.9 Å². The number of hydrogen-bond donors (Lipinski definition) is 1. The van der Waals surface area contributed by atoms with E-state index in [1.807, 2.05) is 24.3 Å². The molecule has 0 bridgehead atoms. The van der Waals surface area contributed by atoms with E-state index < -0.39 is 0 Å². The molecule has 6 aromatic carbocycles. The molecule has 2 aliphatic heterocycles. The van der Waals surface area contributed by atoms with Crippen molar-refractivity contribution < 1.29 is 26.2 Å². The number of imidazole rings is 3. The van der Waals surface area contributed by atoms with Crippen LogP contribution in [0.2, 0.25) is 0 Å². The standard InChI is InChI=1S/C55H52N7O.Pt/c1-30(2)33-19-15-20-34(31(3)4)48(33)60-43-26-16-21-35(46(43)58-50(60)38-28-32(54(5,6)7)29-39(49(38)63)55(8,9)10)36-22-17-27-44-47(36)59-53-61-42-25-14-13-24-41(42)57-52(61)45-37-18-11-12-23-40(37)56-51(45)62(44)53;/h11-24,26-31,45,63H,1-10H3;/q-1;. The van der Waals surface area contributed by atoms with Crippen molar-refractivity contribution >= 4 is 44.6 Å². The molecule has 64 heavy (non-hydrogen) atoms. The van der Waals surface area contributed by atoms with Gasteiger partial charge in [-0.05, 0) is 80.2 Å². The molecular formula is C55H52N7OPt-. The van der Waals surface area contributed by atoms with Crippen LogP contribution < -0.4 is 0 Å². The summed E-state index contributed by atoms with van der Waals surface area (Å²) in [5, 5.41) is 12.5. The summed E-state index contributed by atoms with van der Waals surface area (Å²) in [6, 6.07) is 41.8. The summed E-state index contributed by atoms with van der Waals surface area (Å²) >= 11 is 0. The number of hydrogen-bond acceptors (Lipinski definition) is 5. The predicted octanol–water partition coefficient (Wildman–Crippen LogP) is 13.4. The maximum absolute atomic E-state index is 12.5. The Bertz CT molecular complexity index is 3380. The quantitative estimate of drug-likeness (QED) is 0.174. The Morgan fingerprint density at radius 1 is 0.641 bits per heavy atom. The van der Waals surface area contributed by atoms with Crippen LogP contribution in [0.25, 0.3) is 67.3 Å². The molecule has 0 saturated carbocycles. The zero-order valence-electron chi connectivity index (χ0n) is 38.0. The number of nitrogens with zero attached hydrogens (tertiary/aromatic N) is 7. The molecule has 1 N–H and O–H groups in total. The summed E-state index contributed by atoms with van der Waals surface area (Å²) in [5.41, 5.74) is 15.2. The molecule has 11 rings (SSSR count). The number of para-hydroxylation sites is 5. The van der Waals surface area contributed by atoms with E-state index in [-0.39, 0.29) is 55.4 Å². The van der Waals surface area contributed by atoms with Gasteiger partial charge in [-0.25, -0.2) is 15.0 Å². The van der Waals surface area contributed by atoms with Crippen LogP contribution in [0, 0.1) is 6.07 Å². The minimum atomic E-state index is -0.320. The second kappa shape index (κ2) is 14.7. The Labute approximate surface area is 389 Å². The first-order valence-electron chi connectivity index (χ1n) is 22.2. The monoisotopic (exact) mass is 1020 g/mol. The molecule has 1 unspecified atom stereocenters. The molecule has 9 heteroatoms. The number of aromatic hydroxyl groups is 1. The van der Waals surface area contributed by atoms with Crippen molar-refractivity contribution in [3.63, 3.8) is 0 Å². The first-order chi connectivity index (χ1) is 30.1. The number of fused-ring (bicyclic) bond motifs is 13. The Kier molecular flexibility index (Phi) is 9.63. The number of benzene rings is 6. The van der Waals surface area contributed by atoms with Gasteiger partial charge in [0.25, 0.3) is 0 Å². The van der Waals surface area contributed by atoms with Crippen LogP contribution >= 0.6 is 0 Å². The Morgan fingerprint density at radius 2 is 1.28 bits per heavy atom. The third-order valence-electron chi connectivity index (χ3n) is 13.2. The molecule has 0 fully saturated rings. The zero-order valence-corrected chi connectivity index (χ0v) is 40.3. The fourth-order valence-corrected chi connectivity index (χ4v) is 9.95. The largest absolute Gasteiger partial charge is 0.507 e. The van der Waals surface area contributed by atoms with Crippen LogP contribution in [0.5, 0.6) is 5.75 Å². The summed E-state index contributed by atoms with van der Waals surface area (Å²) in [5.74, 6) is 3.80. The maximum atomic E-state index is 12.5. The molecule has 8 nitrogen and oxygen atoms in total. The summed E-state index contributed by atoms with van der Waals surface area (Å²) in [7, 11) is 0. The van der Waals surface area contributed by atoms with E-state index in [1.165, 1.54) is 11.1 Å². The SMILES string of the molecule is CC(C)c1cccc(C(C)C)c1-n1c(-c2cc(C(C)(C)C)cc(C(C)(C)C)c2O)nc2c(-c3cccc4c3nc3n4C4=Nc5ccccc5C4c4nc5ccc[c-]c5n4-3)cccc21.[Pt]. The third kappa shape index (κ3) is 6.12. The Balaban J connectivity index is 0.00000484. The number of aromatic nitrogens is 6. The fourth-order valence-electron chi connectivity index (χ4n) is 9.95. The minimum Gasteiger partial charge on any atom is -0.507 e. The first-order valence-corrected chi connectivity index (χ1v) is 22.2. The molecule has 0 aliphatic carbocycles. The number of phenols is 1. The summed E-state index contributed by atoms with van der Waals surface area (Å²) in [6.45, 7) is 22.2. The van der Waals surface area contributed by atoms with Gasteiger partial charge in [-0.2, -0.15) is 18.2 Å². The van der Waals surface area contributed by atoms with E-state index in [0.717, 1.165) is 95.5 Å². The molecule has 0 spiro atoms. The molecule has 2 aliphatic rings. The molecule has 9 aromatic rings. The van der Waals surface area contributed by atoms with E-state index in [9.17, 15) is 5.11 Å². The van der Waals surface area contributed by atoms with Crippen molar-refractivity contribution in [2.24, 2.45) is 4.99 Å². The smallest absolute Gasteiger partial charge is 0.220 e. The first kappa shape index (κ1) is 41.9. The fraction of sp³-hybridized carbons (Fsp3) is 0.273. The van der Waals surface area contributed by atoms with Gasteiger partial charge in [0, 0.05) is 37.8 Å². The average Bonchev–Trinajstić information content (AvgIpc) is 4.02. The van der Waals surface area contributed by atoms with E-state index in [2.05, 4.69) is 174 Å². The van der Waals surface area contributed by atoms with Crippen LogP contribution in [-0.2, 0) is 31.9 Å². The zero-order chi connectivity index (χ0) is 43.9. The van der Waals surface area contributed by atoms with Gasteiger partial charge in [0.05, 0.1) is 39.0 Å². The van der Waals surface area contributed by atoms with E-state index in [1.54, 1.807) is 0 Å². The van der Waals surface area contributed by atoms with Gasteiger partial charge < -0.3 is 5.11 Å². The van der Waals surface area contributed by atoms with Gasteiger partial charge in [0.2, 0.25) is 5.95 Å². The van der Waals surface area contributed by atoms with Crippen LogP contribution in [0.3, 0.4) is 0 Å². The van der Waals surface area contributed by atoms with Crippen molar-refractivity contribution in [2.45, 2.75) is 97.8 Å². The van der Waals surface area contributed by atoms with E-state index in [4.69, 9.17) is 19.9 Å². The number of phenolic OH excluding ortho intramolecular Hbond substituents is 1. The van der Waals surface area contributed by atoms with E-state index in [0.29, 0.717) is 5.82 Å². The summed E-state index contributed by atoms with van der Waals surface area (Å²) < 4.78 is 6.73. The van der Waals surface area contributed by atoms with Gasteiger partial charge in [0.1, 0.15) is 29.2 Å². The van der Waals surface area contributed by atoms with Gasteiger partial charge >= 0.3 is 0 Å². The molecule has 3 aromatic heterocycles. The molecule has 0 saturated heterocycles. The summed E-state index contributed by atoms with van der Waals surface area (Å²) in [6.07, 6.45) is 0. The predicted molar refractivity (Wildman–Crippen MR) is 257 cm³/mol. The van der Waals surface area contributed by atoms with Gasteiger partial charge in [-0.3, -0.25) is 18.7 Å². The van der Waals surface area contributed by atoms with Gasteiger partial charge in [-0.1, -0.05) is 136 Å². The minimum absolute atomic E-state index is 0. The van der Waals surface area contributed by atoms with Gasteiger partial charge in [-0.15, -0.1) is 6.07 Å². The molecule has 1 atom stereocenters. The molecular weight excluding hydrogens is 970 g/mol. The van der Waals surface area contributed by atoms with Gasteiger partial charge in [0.15, 0.2) is 0 Å². The third-order valence-corrected chi connectivity index (χ3v) is 13.2. The Morgan fingerprint density at radius 3 is 1.94 bits per heavy atom. The molecule has 324 valence electrons. The van der Waals surface area contributed by atoms with Crippen LogP contribution in [0.4, 0.5) is 5.69 Å². The van der Waals surface area contributed by atoms with Crippen molar-refractivity contribution in [3.05, 3.63) is 149 Å². The molecule has 0 amide bonds. The summed E-state index contributed by atoms with van der Waals surface area (Å²) in [4.78, 5) is 21.7. The Hall–Kier alpha value is -6.11. The van der Waals surface area contributed by atoms with E-state index >= 15 is 0 Å². The molecule has 5 heterocycles. The number of rotatable bonds is 5. The van der Waals surface area contributed by atoms with Crippen LogP contribution in [0.1, 0.15) is 121 Å². The van der Waals surface area contributed by atoms with Crippen LogP contribution in [-0.4, -0.2) is 39.6 Å². The normalized spacial score (nSPS) is 14.6. The van der Waals surface area contributed by atoms with Crippen molar-refractivity contribution in [2.75, 3.05) is 0 Å². The van der Waals surface area contributed by atoms with Crippen LogP contribution in [0.15, 0.2) is 114 Å². The second-order valence-corrected chi connectivity index (χ2v) is 20.1. The average molecular weight is 1020 g/mol. The topological polar surface area (TPSA) is 86.0 Å².